The van der Waals surface area contributed by atoms with Gasteiger partial charge in [0.15, 0.2) is 5.82 Å². The molecule has 0 aliphatic carbocycles. The Morgan fingerprint density at radius 3 is 2.88 bits per heavy atom. The molecule has 0 amide bonds. The predicted octanol–water partition coefficient (Wildman–Crippen LogP) is 2.19. The van der Waals surface area contributed by atoms with E-state index in [1.54, 1.807) is 17.7 Å². The normalized spacial score (nSPS) is 20.2. The van der Waals surface area contributed by atoms with E-state index < -0.39 is 0 Å². The van der Waals surface area contributed by atoms with Crippen LogP contribution >= 0.6 is 23.1 Å². The minimum absolute atomic E-state index is 0.277. The number of nitrogens with zero attached hydrogens (tertiary/aromatic N) is 4. The lowest BCUT2D eigenvalue weighted by Gasteiger charge is -2.29. The molecule has 5 rings (SSSR count). The smallest absolute Gasteiger partial charge is 0.150 e. The molecule has 1 saturated heterocycles. The Labute approximate surface area is 155 Å². The first kappa shape index (κ1) is 15.8. The van der Waals surface area contributed by atoms with Gasteiger partial charge in [-0.2, -0.15) is 11.8 Å². The Bertz CT molecular complexity index is 959. The number of thiophene rings is 1. The number of anilines is 1. The van der Waals surface area contributed by atoms with Crippen LogP contribution in [0.25, 0.3) is 20.4 Å². The standard InChI is InChI=1S/C18H21N5S2/c1-18(2)8-13-11(9-24-18)7-12-14-15(25-17(12)22-13)16(21-10-20-14)23-5-3-19-4-6-23/h7,10,19H,3-6,8-9H2,1-2H3/p+1. The van der Waals surface area contributed by atoms with Crippen molar-refractivity contribution in [3.05, 3.63) is 23.7 Å². The van der Waals surface area contributed by atoms with Crippen molar-refractivity contribution in [1.82, 2.24) is 15.0 Å². The van der Waals surface area contributed by atoms with E-state index in [0.717, 1.165) is 54.5 Å². The third-order valence-corrected chi connectivity index (χ3v) is 7.58. The predicted molar refractivity (Wildman–Crippen MR) is 106 cm³/mol. The fourth-order valence-electron chi connectivity index (χ4n) is 3.76. The summed E-state index contributed by atoms with van der Waals surface area (Å²) in [7, 11) is 0. The van der Waals surface area contributed by atoms with E-state index >= 15 is 0 Å². The van der Waals surface area contributed by atoms with Crippen molar-refractivity contribution in [2.45, 2.75) is 30.8 Å². The molecule has 130 valence electrons. The number of fused-ring (bicyclic) bond motifs is 4. The zero-order valence-electron chi connectivity index (χ0n) is 14.6. The molecule has 1 fully saturated rings. The van der Waals surface area contributed by atoms with E-state index in [4.69, 9.17) is 4.98 Å². The van der Waals surface area contributed by atoms with Gasteiger partial charge >= 0.3 is 0 Å². The SMILES string of the molecule is CC1(C)Cc2nc3sc4c(N5CC[NH2+]CC5)ncnc4c3cc2CS1. The first-order valence-corrected chi connectivity index (χ1v) is 10.7. The van der Waals surface area contributed by atoms with Gasteiger partial charge in [0.05, 0.1) is 36.4 Å². The summed E-state index contributed by atoms with van der Waals surface area (Å²) in [6.45, 7) is 9.00. The molecule has 2 aliphatic heterocycles. The second-order valence-electron chi connectivity index (χ2n) is 7.50. The molecule has 2 aliphatic rings. The topological polar surface area (TPSA) is 58.5 Å². The molecule has 5 nitrogen and oxygen atoms in total. The Hall–Kier alpha value is -1.44. The summed E-state index contributed by atoms with van der Waals surface area (Å²) in [6.07, 6.45) is 2.76. The highest BCUT2D eigenvalue weighted by atomic mass is 32.2. The van der Waals surface area contributed by atoms with Crippen LogP contribution in [0.4, 0.5) is 5.82 Å². The summed E-state index contributed by atoms with van der Waals surface area (Å²) < 4.78 is 1.47. The maximum absolute atomic E-state index is 5.05. The van der Waals surface area contributed by atoms with E-state index in [0.29, 0.717) is 0 Å². The fourth-order valence-corrected chi connectivity index (χ4v) is 5.94. The summed E-state index contributed by atoms with van der Waals surface area (Å²) in [5.74, 6) is 2.14. The third-order valence-electron chi connectivity index (χ3n) is 5.11. The van der Waals surface area contributed by atoms with Gasteiger partial charge in [0, 0.05) is 28.0 Å². The van der Waals surface area contributed by atoms with E-state index in [1.807, 2.05) is 11.8 Å². The number of aromatic nitrogens is 3. The van der Waals surface area contributed by atoms with Gasteiger partial charge in [-0.15, -0.1) is 11.3 Å². The molecule has 7 heteroatoms. The third kappa shape index (κ3) is 2.69. The Kier molecular flexibility index (Phi) is 3.66. The van der Waals surface area contributed by atoms with Gasteiger partial charge in [-0.05, 0) is 11.6 Å². The van der Waals surface area contributed by atoms with Crippen LogP contribution in [-0.4, -0.2) is 45.9 Å². The van der Waals surface area contributed by atoms with E-state index in [-0.39, 0.29) is 4.75 Å². The van der Waals surface area contributed by atoms with Crippen LogP contribution in [0.3, 0.4) is 0 Å². The van der Waals surface area contributed by atoms with Crippen molar-refractivity contribution in [3.63, 3.8) is 0 Å². The molecule has 0 saturated carbocycles. The first-order chi connectivity index (χ1) is 12.1. The van der Waals surface area contributed by atoms with E-state index in [2.05, 4.69) is 40.1 Å². The maximum Gasteiger partial charge on any atom is 0.150 e. The summed E-state index contributed by atoms with van der Waals surface area (Å²) in [4.78, 5) is 17.8. The second kappa shape index (κ2) is 5.79. The summed E-state index contributed by atoms with van der Waals surface area (Å²) >= 11 is 3.78. The molecular weight excluding hydrogens is 350 g/mol. The zero-order chi connectivity index (χ0) is 17.0. The highest BCUT2D eigenvalue weighted by molar-refractivity contribution is 7.99. The number of hydrogen-bond donors (Lipinski definition) is 1. The molecular formula is C18H22N5S2+. The molecule has 0 spiro atoms. The van der Waals surface area contributed by atoms with Crippen LogP contribution in [0, 0.1) is 0 Å². The van der Waals surface area contributed by atoms with Gasteiger partial charge in [0.2, 0.25) is 0 Å². The van der Waals surface area contributed by atoms with Gasteiger partial charge in [0.1, 0.15) is 11.2 Å². The fraction of sp³-hybridized carbons (Fsp3) is 0.500. The van der Waals surface area contributed by atoms with E-state index in [1.165, 1.54) is 21.3 Å². The number of thioether (sulfide) groups is 1. The van der Waals surface area contributed by atoms with Crippen LogP contribution < -0.4 is 10.2 Å². The Morgan fingerprint density at radius 1 is 1.20 bits per heavy atom. The highest BCUT2D eigenvalue weighted by Gasteiger charge is 2.28. The molecule has 0 bridgehead atoms. The molecule has 0 radical (unpaired) electrons. The summed E-state index contributed by atoms with van der Waals surface area (Å²) in [6, 6.07) is 2.33. The molecule has 0 aromatic carbocycles. The number of quaternary nitrogens is 1. The number of piperazine rings is 1. The molecule has 3 aromatic rings. The first-order valence-electron chi connectivity index (χ1n) is 8.87. The van der Waals surface area contributed by atoms with Crippen molar-refractivity contribution in [2.75, 3.05) is 31.1 Å². The second-order valence-corrected chi connectivity index (χ2v) is 10.2. The number of rotatable bonds is 1. The molecule has 0 atom stereocenters. The van der Waals surface area contributed by atoms with Gasteiger partial charge in [-0.1, -0.05) is 13.8 Å². The number of pyridine rings is 1. The molecule has 3 aromatic heterocycles. The zero-order valence-corrected chi connectivity index (χ0v) is 16.2. The molecule has 2 N–H and O–H groups in total. The van der Waals surface area contributed by atoms with Crippen molar-refractivity contribution in [3.8, 4) is 0 Å². The lowest BCUT2D eigenvalue weighted by Crippen LogP contribution is -2.89. The largest absolute Gasteiger partial charge is 0.344 e. The van der Waals surface area contributed by atoms with Gasteiger partial charge < -0.3 is 10.2 Å². The summed E-state index contributed by atoms with van der Waals surface area (Å²) in [5, 5.41) is 3.57. The van der Waals surface area contributed by atoms with Gasteiger partial charge in [0.25, 0.3) is 0 Å². The van der Waals surface area contributed by atoms with Gasteiger partial charge in [-0.25, -0.2) is 15.0 Å². The number of nitrogens with two attached hydrogens (primary N) is 1. The molecule has 0 unspecified atom stereocenters. The van der Waals surface area contributed by atoms with Gasteiger partial charge in [-0.3, -0.25) is 0 Å². The monoisotopic (exact) mass is 372 g/mol. The van der Waals surface area contributed by atoms with Crippen molar-refractivity contribution in [2.24, 2.45) is 0 Å². The van der Waals surface area contributed by atoms with Crippen molar-refractivity contribution < 1.29 is 5.32 Å². The minimum Gasteiger partial charge on any atom is -0.344 e. The quantitative estimate of drug-likeness (QED) is 0.710. The van der Waals surface area contributed by atoms with Crippen LogP contribution in [-0.2, 0) is 12.2 Å². The Balaban J connectivity index is 1.68. The van der Waals surface area contributed by atoms with Crippen molar-refractivity contribution in [1.29, 1.82) is 0 Å². The summed E-state index contributed by atoms with van der Waals surface area (Å²) in [5.41, 5.74) is 3.72. The van der Waals surface area contributed by atoms with Crippen LogP contribution in [0.2, 0.25) is 0 Å². The Morgan fingerprint density at radius 2 is 2.04 bits per heavy atom. The average molecular weight is 373 g/mol. The van der Waals surface area contributed by atoms with Crippen molar-refractivity contribution >= 4 is 49.3 Å². The highest BCUT2D eigenvalue weighted by Crippen LogP contribution is 2.42. The molecule has 5 heterocycles. The van der Waals surface area contributed by atoms with E-state index in [9.17, 15) is 0 Å². The lowest BCUT2D eigenvalue weighted by molar-refractivity contribution is -0.655. The number of hydrogen-bond acceptors (Lipinski definition) is 6. The lowest BCUT2D eigenvalue weighted by atomic mass is 10.0. The molecule has 25 heavy (non-hydrogen) atoms. The van der Waals surface area contributed by atoms with Crippen LogP contribution in [0.5, 0.6) is 0 Å². The van der Waals surface area contributed by atoms with Crippen LogP contribution in [0.1, 0.15) is 25.1 Å². The average Bonchev–Trinajstić information content (AvgIpc) is 2.97. The maximum atomic E-state index is 5.05. The van der Waals surface area contributed by atoms with Crippen LogP contribution in [0.15, 0.2) is 12.4 Å². The minimum atomic E-state index is 0.277.